The van der Waals surface area contributed by atoms with Crippen LogP contribution in [-0.4, -0.2) is 36.0 Å². The van der Waals surface area contributed by atoms with Gasteiger partial charge in [0.25, 0.3) is 0 Å². The number of hydrogen-bond acceptors (Lipinski definition) is 3. The first-order valence-electron chi connectivity index (χ1n) is 9.53. The van der Waals surface area contributed by atoms with E-state index in [0.29, 0.717) is 6.04 Å². The number of likely N-dealkylation sites (tertiary alicyclic amines) is 1. The highest BCUT2D eigenvalue weighted by Crippen LogP contribution is 2.24. The Kier molecular flexibility index (Phi) is 6.27. The number of rotatable bonds is 5. The third kappa shape index (κ3) is 4.81. The Morgan fingerprint density at radius 1 is 1.12 bits per heavy atom. The number of hydrogen-bond donors (Lipinski definition) is 2. The van der Waals surface area contributed by atoms with Gasteiger partial charge in [-0.15, -0.1) is 0 Å². The molecule has 2 aliphatic rings. The fraction of sp³-hybridized carbons (Fsp3) is 0.650. The number of nitrogens with zero attached hydrogens (tertiary/aromatic N) is 1. The number of carbonyl (C=O) groups is 1. The second-order valence-electron chi connectivity index (χ2n) is 7.47. The Morgan fingerprint density at radius 2 is 1.96 bits per heavy atom. The van der Waals surface area contributed by atoms with E-state index in [9.17, 15) is 4.79 Å². The summed E-state index contributed by atoms with van der Waals surface area (Å²) < 4.78 is 0. The van der Waals surface area contributed by atoms with Gasteiger partial charge in [0.05, 0.1) is 0 Å². The molecule has 0 bridgehead atoms. The second kappa shape index (κ2) is 8.63. The first kappa shape index (κ1) is 17.4. The molecule has 1 aromatic carbocycles. The van der Waals surface area contributed by atoms with Crippen LogP contribution in [0.2, 0.25) is 0 Å². The summed E-state index contributed by atoms with van der Waals surface area (Å²) in [6.45, 7) is 2.89. The summed E-state index contributed by atoms with van der Waals surface area (Å²) in [5.41, 5.74) is 7.38. The zero-order valence-corrected chi connectivity index (χ0v) is 14.6. The first-order chi connectivity index (χ1) is 11.7. The third-order valence-corrected chi connectivity index (χ3v) is 5.58. The van der Waals surface area contributed by atoms with Crippen molar-refractivity contribution < 1.29 is 4.79 Å². The molecule has 3 unspecified atom stereocenters. The van der Waals surface area contributed by atoms with E-state index in [4.69, 9.17) is 5.73 Å². The first-order valence-corrected chi connectivity index (χ1v) is 9.53. The summed E-state index contributed by atoms with van der Waals surface area (Å²) in [5, 5.41) is 3.22. The fourth-order valence-electron chi connectivity index (χ4n) is 4.15. The van der Waals surface area contributed by atoms with E-state index in [2.05, 4.69) is 40.5 Å². The van der Waals surface area contributed by atoms with Gasteiger partial charge < -0.3 is 11.1 Å². The molecule has 1 aromatic rings. The minimum absolute atomic E-state index is 0.125. The van der Waals surface area contributed by atoms with Crippen molar-refractivity contribution in [2.45, 2.75) is 63.6 Å². The lowest BCUT2D eigenvalue weighted by Gasteiger charge is -2.36. The molecule has 4 nitrogen and oxygen atoms in total. The van der Waals surface area contributed by atoms with Crippen LogP contribution in [0.5, 0.6) is 0 Å². The Morgan fingerprint density at radius 3 is 2.75 bits per heavy atom. The predicted octanol–water partition coefficient (Wildman–Crippen LogP) is 2.67. The summed E-state index contributed by atoms with van der Waals surface area (Å²) >= 11 is 0. The normalized spacial score (nSPS) is 28.5. The summed E-state index contributed by atoms with van der Waals surface area (Å²) in [6, 6.07) is 11.3. The Hall–Kier alpha value is -1.39. The summed E-state index contributed by atoms with van der Waals surface area (Å²) in [7, 11) is 0. The molecule has 1 aliphatic carbocycles. The predicted molar refractivity (Wildman–Crippen MR) is 97.4 cm³/mol. The monoisotopic (exact) mass is 329 g/mol. The molecule has 1 saturated heterocycles. The van der Waals surface area contributed by atoms with Crippen molar-refractivity contribution in [2.75, 3.05) is 13.1 Å². The van der Waals surface area contributed by atoms with E-state index in [-0.39, 0.29) is 17.9 Å². The van der Waals surface area contributed by atoms with Crippen molar-refractivity contribution >= 4 is 5.91 Å². The third-order valence-electron chi connectivity index (χ3n) is 5.58. The summed E-state index contributed by atoms with van der Waals surface area (Å²) in [6.07, 6.45) is 7.70. The Labute approximate surface area is 145 Å². The highest BCUT2D eigenvalue weighted by atomic mass is 16.1. The Bertz CT molecular complexity index is 519. The van der Waals surface area contributed by atoms with Gasteiger partial charge in [0.2, 0.25) is 5.91 Å². The van der Waals surface area contributed by atoms with Crippen LogP contribution < -0.4 is 11.1 Å². The zero-order chi connectivity index (χ0) is 16.8. The SMILES string of the molecule is NC1CCCC(C(=O)NCC2CCCCN2Cc2ccccc2)C1. The van der Waals surface area contributed by atoms with Gasteiger partial charge in [0, 0.05) is 31.1 Å². The van der Waals surface area contributed by atoms with Crippen molar-refractivity contribution in [3.8, 4) is 0 Å². The minimum Gasteiger partial charge on any atom is -0.354 e. The average molecular weight is 329 g/mol. The van der Waals surface area contributed by atoms with Gasteiger partial charge in [-0.05, 0) is 44.2 Å². The van der Waals surface area contributed by atoms with Crippen molar-refractivity contribution in [1.29, 1.82) is 0 Å². The molecular formula is C20H31N3O. The number of carbonyl (C=O) groups excluding carboxylic acids is 1. The van der Waals surface area contributed by atoms with Crippen LogP contribution in [0.4, 0.5) is 0 Å². The van der Waals surface area contributed by atoms with E-state index in [1.54, 1.807) is 0 Å². The number of benzene rings is 1. The molecule has 132 valence electrons. The molecule has 1 amide bonds. The Balaban J connectivity index is 1.51. The van der Waals surface area contributed by atoms with Crippen molar-refractivity contribution in [3.63, 3.8) is 0 Å². The molecule has 0 spiro atoms. The van der Waals surface area contributed by atoms with Gasteiger partial charge in [0.1, 0.15) is 0 Å². The van der Waals surface area contributed by atoms with E-state index in [1.807, 2.05) is 0 Å². The van der Waals surface area contributed by atoms with Gasteiger partial charge in [-0.1, -0.05) is 43.2 Å². The zero-order valence-electron chi connectivity index (χ0n) is 14.6. The molecule has 3 atom stereocenters. The molecule has 4 heteroatoms. The van der Waals surface area contributed by atoms with Crippen LogP contribution in [0.25, 0.3) is 0 Å². The number of piperidine rings is 1. The van der Waals surface area contributed by atoms with Crippen molar-refractivity contribution in [2.24, 2.45) is 11.7 Å². The van der Waals surface area contributed by atoms with Crippen molar-refractivity contribution in [3.05, 3.63) is 35.9 Å². The maximum Gasteiger partial charge on any atom is 0.223 e. The fourth-order valence-corrected chi connectivity index (χ4v) is 4.15. The van der Waals surface area contributed by atoms with Gasteiger partial charge in [-0.25, -0.2) is 0 Å². The smallest absolute Gasteiger partial charge is 0.223 e. The van der Waals surface area contributed by atoms with E-state index < -0.39 is 0 Å². The molecular weight excluding hydrogens is 298 g/mol. The average Bonchev–Trinajstić information content (AvgIpc) is 2.61. The molecule has 0 aromatic heterocycles. The van der Waals surface area contributed by atoms with Crippen LogP contribution in [0, 0.1) is 5.92 Å². The van der Waals surface area contributed by atoms with Crippen LogP contribution >= 0.6 is 0 Å². The highest BCUT2D eigenvalue weighted by molar-refractivity contribution is 5.78. The van der Waals surface area contributed by atoms with Gasteiger partial charge in [-0.2, -0.15) is 0 Å². The number of nitrogens with one attached hydrogen (secondary N) is 1. The molecule has 3 rings (SSSR count). The van der Waals surface area contributed by atoms with Crippen molar-refractivity contribution in [1.82, 2.24) is 10.2 Å². The summed E-state index contributed by atoms with van der Waals surface area (Å²) in [4.78, 5) is 15.0. The quantitative estimate of drug-likeness (QED) is 0.873. The van der Waals surface area contributed by atoms with Crippen LogP contribution in [0.3, 0.4) is 0 Å². The lowest BCUT2D eigenvalue weighted by molar-refractivity contribution is -0.126. The second-order valence-corrected chi connectivity index (χ2v) is 7.47. The largest absolute Gasteiger partial charge is 0.354 e. The van der Waals surface area contributed by atoms with E-state index in [1.165, 1.54) is 24.8 Å². The van der Waals surface area contributed by atoms with Gasteiger partial charge >= 0.3 is 0 Å². The number of nitrogens with two attached hydrogens (primary N) is 1. The molecule has 1 aliphatic heterocycles. The lowest BCUT2D eigenvalue weighted by atomic mass is 9.85. The standard InChI is InChI=1S/C20H31N3O/c21-18-10-6-9-17(13-18)20(24)22-14-19-11-4-5-12-23(19)15-16-7-2-1-3-8-16/h1-3,7-8,17-19H,4-6,9-15,21H2,(H,22,24). The van der Waals surface area contributed by atoms with Crippen LogP contribution in [0.1, 0.15) is 50.5 Å². The molecule has 2 fully saturated rings. The van der Waals surface area contributed by atoms with Crippen LogP contribution in [0.15, 0.2) is 30.3 Å². The van der Waals surface area contributed by atoms with Crippen LogP contribution in [-0.2, 0) is 11.3 Å². The maximum atomic E-state index is 12.5. The summed E-state index contributed by atoms with van der Waals surface area (Å²) in [5.74, 6) is 0.343. The highest BCUT2D eigenvalue weighted by Gasteiger charge is 2.27. The topological polar surface area (TPSA) is 58.4 Å². The maximum absolute atomic E-state index is 12.5. The lowest BCUT2D eigenvalue weighted by Crippen LogP contribution is -2.48. The molecule has 1 heterocycles. The van der Waals surface area contributed by atoms with E-state index in [0.717, 1.165) is 45.3 Å². The van der Waals surface area contributed by atoms with Gasteiger partial charge in [-0.3, -0.25) is 9.69 Å². The molecule has 3 N–H and O–H groups in total. The minimum atomic E-state index is 0.125. The molecule has 24 heavy (non-hydrogen) atoms. The van der Waals surface area contributed by atoms with E-state index >= 15 is 0 Å². The van der Waals surface area contributed by atoms with Gasteiger partial charge in [0.15, 0.2) is 0 Å². The number of amides is 1. The molecule has 0 radical (unpaired) electrons. The molecule has 1 saturated carbocycles.